The van der Waals surface area contributed by atoms with Gasteiger partial charge in [0.25, 0.3) is 5.91 Å². The molecule has 162 valence electrons. The van der Waals surface area contributed by atoms with Crippen LogP contribution in [0.5, 0.6) is 0 Å². The van der Waals surface area contributed by atoms with Gasteiger partial charge in [0.05, 0.1) is 17.4 Å². The molecule has 2 fully saturated rings. The molecule has 2 aliphatic rings. The number of fused-ring (bicyclic) bond motifs is 1. The van der Waals surface area contributed by atoms with Crippen molar-refractivity contribution in [2.75, 3.05) is 9.96 Å². The summed E-state index contributed by atoms with van der Waals surface area (Å²) in [6.45, 7) is 1.86. The van der Waals surface area contributed by atoms with Crippen LogP contribution in [0.3, 0.4) is 0 Å². The molecule has 3 unspecified atom stereocenters. The SMILES string of the molecule is Cc1ccccc1N1C(=O)C2ON(c3ccc(Cl)cc3)C(c3ccc(Cl)cc3Cl)C2C1=O. The summed E-state index contributed by atoms with van der Waals surface area (Å²) >= 11 is 18.7. The van der Waals surface area contributed by atoms with Gasteiger partial charge in [-0.3, -0.25) is 14.4 Å². The van der Waals surface area contributed by atoms with E-state index in [9.17, 15) is 9.59 Å². The number of carbonyl (C=O) groups excluding carboxylic acids is 2. The zero-order valence-corrected chi connectivity index (χ0v) is 19.1. The molecule has 5 nitrogen and oxygen atoms in total. The Kier molecular flexibility index (Phi) is 5.38. The zero-order valence-electron chi connectivity index (χ0n) is 16.8. The summed E-state index contributed by atoms with van der Waals surface area (Å²) in [4.78, 5) is 34.4. The van der Waals surface area contributed by atoms with Crippen LogP contribution in [0.15, 0.2) is 66.7 Å². The summed E-state index contributed by atoms with van der Waals surface area (Å²) in [6.07, 6.45) is -0.977. The zero-order chi connectivity index (χ0) is 22.6. The smallest absolute Gasteiger partial charge is 0.266 e. The number of para-hydroxylation sites is 1. The van der Waals surface area contributed by atoms with Crippen molar-refractivity contribution in [3.8, 4) is 0 Å². The number of hydroxylamine groups is 1. The minimum Gasteiger partial charge on any atom is -0.273 e. The van der Waals surface area contributed by atoms with E-state index in [1.54, 1.807) is 59.7 Å². The van der Waals surface area contributed by atoms with Gasteiger partial charge in [0.1, 0.15) is 5.92 Å². The number of aryl methyl sites for hydroxylation is 1. The molecule has 2 saturated heterocycles. The van der Waals surface area contributed by atoms with Crippen molar-refractivity contribution in [2.45, 2.75) is 19.1 Å². The number of carbonyl (C=O) groups is 2. The van der Waals surface area contributed by atoms with Gasteiger partial charge >= 0.3 is 0 Å². The van der Waals surface area contributed by atoms with Gasteiger partial charge in [-0.05, 0) is 60.5 Å². The highest BCUT2D eigenvalue weighted by atomic mass is 35.5. The second-order valence-electron chi connectivity index (χ2n) is 7.76. The van der Waals surface area contributed by atoms with Crippen LogP contribution >= 0.6 is 34.8 Å². The fourth-order valence-corrected chi connectivity index (χ4v) is 4.98. The molecule has 0 N–H and O–H groups in total. The maximum atomic E-state index is 13.7. The fourth-order valence-electron chi connectivity index (χ4n) is 4.34. The predicted molar refractivity (Wildman–Crippen MR) is 125 cm³/mol. The maximum absolute atomic E-state index is 13.7. The molecule has 2 aliphatic heterocycles. The Hall–Kier alpha value is -2.57. The number of benzene rings is 3. The fraction of sp³-hybridized carbons (Fsp3) is 0.167. The van der Waals surface area contributed by atoms with Gasteiger partial charge in [-0.1, -0.05) is 59.1 Å². The summed E-state index contributed by atoms with van der Waals surface area (Å²) in [5.74, 6) is -1.51. The standard InChI is InChI=1S/C24H17Cl3N2O3/c1-13-4-2-3-5-19(13)28-23(30)20-21(17-11-8-15(26)12-18(17)27)29(32-22(20)24(28)31)16-9-6-14(25)7-10-16/h2-12,20-22H,1H3. The van der Waals surface area contributed by atoms with Gasteiger partial charge in [0.15, 0.2) is 6.10 Å². The third-order valence-corrected chi connectivity index (χ3v) is 6.65. The van der Waals surface area contributed by atoms with Crippen LogP contribution in [-0.4, -0.2) is 17.9 Å². The second-order valence-corrected chi connectivity index (χ2v) is 9.04. The molecular weight excluding hydrogens is 471 g/mol. The highest BCUT2D eigenvalue weighted by Gasteiger charge is 2.60. The predicted octanol–water partition coefficient (Wildman–Crippen LogP) is 6.01. The van der Waals surface area contributed by atoms with E-state index < -0.39 is 24.0 Å². The highest BCUT2D eigenvalue weighted by molar-refractivity contribution is 6.35. The molecule has 3 aromatic rings. The van der Waals surface area contributed by atoms with Crippen molar-refractivity contribution >= 4 is 58.0 Å². The minimum atomic E-state index is -0.977. The minimum absolute atomic E-state index is 0.332. The molecule has 0 radical (unpaired) electrons. The Morgan fingerprint density at radius 3 is 2.22 bits per heavy atom. The van der Waals surface area contributed by atoms with Gasteiger partial charge in [-0.15, -0.1) is 0 Å². The second kappa shape index (κ2) is 8.09. The van der Waals surface area contributed by atoms with Gasteiger partial charge in [-0.2, -0.15) is 0 Å². The van der Waals surface area contributed by atoms with Crippen molar-refractivity contribution in [3.63, 3.8) is 0 Å². The van der Waals surface area contributed by atoms with Gasteiger partial charge in [0.2, 0.25) is 5.91 Å². The van der Waals surface area contributed by atoms with E-state index in [1.165, 1.54) is 4.90 Å². The summed E-state index contributed by atoms with van der Waals surface area (Å²) in [5.41, 5.74) is 2.68. The highest BCUT2D eigenvalue weighted by Crippen LogP contribution is 2.49. The van der Waals surface area contributed by atoms with Crippen LogP contribution in [0, 0.1) is 12.8 Å². The Bertz CT molecular complexity index is 1230. The first-order valence-corrected chi connectivity index (χ1v) is 11.1. The first kappa shape index (κ1) is 21.3. The largest absolute Gasteiger partial charge is 0.273 e. The molecule has 3 atom stereocenters. The van der Waals surface area contributed by atoms with Crippen LogP contribution in [-0.2, 0) is 14.4 Å². The third-order valence-electron chi connectivity index (χ3n) is 5.83. The van der Waals surface area contributed by atoms with Gasteiger partial charge < -0.3 is 0 Å². The molecule has 0 spiro atoms. The molecular formula is C24H17Cl3N2O3. The van der Waals surface area contributed by atoms with Crippen LogP contribution in [0.1, 0.15) is 17.2 Å². The van der Waals surface area contributed by atoms with E-state index in [0.29, 0.717) is 32.0 Å². The molecule has 3 aromatic carbocycles. The summed E-state index contributed by atoms with van der Waals surface area (Å²) < 4.78 is 0. The van der Waals surface area contributed by atoms with Crippen molar-refractivity contribution in [1.82, 2.24) is 0 Å². The van der Waals surface area contributed by atoms with Crippen molar-refractivity contribution in [3.05, 3.63) is 92.9 Å². The molecule has 0 aromatic heterocycles. The number of imide groups is 1. The van der Waals surface area contributed by atoms with E-state index in [1.807, 2.05) is 19.1 Å². The molecule has 0 saturated carbocycles. The van der Waals surface area contributed by atoms with Gasteiger partial charge in [0, 0.05) is 15.1 Å². The number of halogens is 3. The third kappa shape index (κ3) is 3.37. The van der Waals surface area contributed by atoms with E-state index >= 15 is 0 Å². The quantitative estimate of drug-likeness (QED) is 0.425. The van der Waals surface area contributed by atoms with E-state index in [-0.39, 0.29) is 5.91 Å². The summed E-state index contributed by atoms with van der Waals surface area (Å²) in [6, 6.07) is 18.7. The lowest BCUT2D eigenvalue weighted by molar-refractivity contribution is -0.126. The first-order chi connectivity index (χ1) is 15.4. The number of amides is 2. The van der Waals surface area contributed by atoms with Crippen molar-refractivity contribution in [1.29, 1.82) is 0 Å². The number of nitrogens with zero attached hydrogens (tertiary/aromatic N) is 2. The number of hydrogen-bond acceptors (Lipinski definition) is 4. The topological polar surface area (TPSA) is 49.9 Å². The number of anilines is 2. The van der Waals surface area contributed by atoms with Crippen LogP contribution in [0.2, 0.25) is 15.1 Å². The Morgan fingerprint density at radius 1 is 0.844 bits per heavy atom. The molecule has 5 rings (SSSR count). The molecule has 8 heteroatoms. The average molecular weight is 488 g/mol. The molecule has 0 bridgehead atoms. The lowest BCUT2D eigenvalue weighted by atomic mass is 9.90. The van der Waals surface area contributed by atoms with Crippen LogP contribution in [0.4, 0.5) is 11.4 Å². The normalized spacial score (nSPS) is 22.6. The molecule has 2 heterocycles. The van der Waals surface area contributed by atoms with Crippen LogP contribution in [0.25, 0.3) is 0 Å². The lowest BCUT2D eigenvalue weighted by Crippen LogP contribution is -2.37. The number of hydrogen-bond donors (Lipinski definition) is 0. The van der Waals surface area contributed by atoms with E-state index in [2.05, 4.69) is 0 Å². The van der Waals surface area contributed by atoms with E-state index in [4.69, 9.17) is 39.6 Å². The number of rotatable bonds is 3. The van der Waals surface area contributed by atoms with Crippen molar-refractivity contribution < 1.29 is 14.4 Å². The molecule has 2 amide bonds. The Balaban J connectivity index is 1.62. The van der Waals surface area contributed by atoms with Crippen molar-refractivity contribution in [2.24, 2.45) is 5.92 Å². The average Bonchev–Trinajstić information content (AvgIpc) is 3.26. The lowest BCUT2D eigenvalue weighted by Gasteiger charge is -2.29. The molecule has 0 aliphatic carbocycles. The van der Waals surface area contributed by atoms with Gasteiger partial charge in [-0.25, -0.2) is 9.96 Å². The Morgan fingerprint density at radius 2 is 1.53 bits per heavy atom. The first-order valence-electron chi connectivity index (χ1n) is 9.97. The van der Waals surface area contributed by atoms with Crippen LogP contribution < -0.4 is 9.96 Å². The summed E-state index contributed by atoms with van der Waals surface area (Å²) in [7, 11) is 0. The Labute approximate surface area is 200 Å². The van der Waals surface area contributed by atoms with E-state index in [0.717, 1.165) is 5.56 Å². The maximum Gasteiger partial charge on any atom is 0.266 e. The monoisotopic (exact) mass is 486 g/mol. The molecule has 32 heavy (non-hydrogen) atoms. The summed E-state index contributed by atoms with van der Waals surface area (Å²) in [5, 5.41) is 3.00.